The molecule has 0 radical (unpaired) electrons. The van der Waals surface area contributed by atoms with Crippen LogP contribution in [-0.4, -0.2) is 10.4 Å². The Morgan fingerprint density at radius 3 is 2.65 bits per heavy atom. The Bertz CT molecular complexity index is 1050. The SMILES string of the molecule is [C-]#[N+]c1ccc2c(c1)c(-c1cccc(N)c1C)cn2C1CCC(=O)CC1. The Labute approximate surface area is 153 Å². The van der Waals surface area contributed by atoms with E-state index >= 15 is 0 Å². The molecule has 0 unspecified atom stereocenters. The lowest BCUT2D eigenvalue weighted by atomic mass is 9.94. The van der Waals surface area contributed by atoms with Crippen molar-refractivity contribution < 1.29 is 4.79 Å². The molecule has 4 heteroatoms. The molecule has 1 aliphatic rings. The zero-order valence-corrected chi connectivity index (χ0v) is 14.8. The molecule has 1 aliphatic carbocycles. The number of Topliss-reactive ketones (excluding diaryl/α,β-unsaturated/α-hetero) is 1. The molecular formula is C22H21N3O. The van der Waals surface area contributed by atoms with Gasteiger partial charge in [-0.2, -0.15) is 0 Å². The fraction of sp³-hybridized carbons (Fsp3) is 0.273. The van der Waals surface area contributed by atoms with Crippen LogP contribution in [0.4, 0.5) is 11.4 Å². The largest absolute Gasteiger partial charge is 0.398 e. The van der Waals surface area contributed by atoms with Gasteiger partial charge < -0.3 is 10.3 Å². The van der Waals surface area contributed by atoms with Crippen LogP contribution >= 0.6 is 0 Å². The van der Waals surface area contributed by atoms with E-state index in [2.05, 4.69) is 21.7 Å². The molecule has 130 valence electrons. The monoisotopic (exact) mass is 343 g/mol. The van der Waals surface area contributed by atoms with Crippen LogP contribution in [0.3, 0.4) is 0 Å². The number of aromatic nitrogens is 1. The predicted octanol–water partition coefficient (Wildman–Crippen LogP) is 5.43. The molecule has 2 aromatic carbocycles. The molecule has 26 heavy (non-hydrogen) atoms. The van der Waals surface area contributed by atoms with Gasteiger partial charge in [0.1, 0.15) is 5.78 Å². The molecule has 2 N–H and O–H groups in total. The van der Waals surface area contributed by atoms with Crippen LogP contribution in [0, 0.1) is 13.5 Å². The van der Waals surface area contributed by atoms with Crippen molar-refractivity contribution >= 4 is 28.1 Å². The molecule has 0 aliphatic heterocycles. The van der Waals surface area contributed by atoms with Gasteiger partial charge in [0.2, 0.25) is 0 Å². The third-order valence-electron chi connectivity index (χ3n) is 5.52. The number of fused-ring (bicyclic) bond motifs is 1. The van der Waals surface area contributed by atoms with Crippen molar-refractivity contribution in [3.05, 3.63) is 59.6 Å². The summed E-state index contributed by atoms with van der Waals surface area (Å²) in [6.45, 7) is 9.39. The minimum atomic E-state index is 0.323. The van der Waals surface area contributed by atoms with Crippen molar-refractivity contribution in [2.45, 2.75) is 38.6 Å². The second-order valence-electron chi connectivity index (χ2n) is 7.05. The van der Waals surface area contributed by atoms with Crippen molar-refractivity contribution in [2.24, 2.45) is 0 Å². The Morgan fingerprint density at radius 2 is 1.92 bits per heavy atom. The summed E-state index contributed by atoms with van der Waals surface area (Å²) >= 11 is 0. The molecule has 0 bridgehead atoms. The van der Waals surface area contributed by atoms with E-state index in [-0.39, 0.29) is 0 Å². The normalized spacial score (nSPS) is 15.3. The zero-order chi connectivity index (χ0) is 18.3. The lowest BCUT2D eigenvalue weighted by Gasteiger charge is -2.23. The van der Waals surface area contributed by atoms with Gasteiger partial charge in [0.05, 0.1) is 6.57 Å². The summed E-state index contributed by atoms with van der Waals surface area (Å²) < 4.78 is 2.30. The summed E-state index contributed by atoms with van der Waals surface area (Å²) in [6, 6.07) is 12.2. The maximum atomic E-state index is 11.6. The summed E-state index contributed by atoms with van der Waals surface area (Å²) in [7, 11) is 0. The number of anilines is 1. The molecule has 3 aromatic rings. The maximum absolute atomic E-state index is 11.6. The van der Waals surface area contributed by atoms with Gasteiger partial charge in [-0.15, -0.1) is 0 Å². The highest BCUT2D eigenvalue weighted by Gasteiger charge is 2.23. The number of ketones is 1. The summed E-state index contributed by atoms with van der Waals surface area (Å²) in [5.74, 6) is 0.361. The Hall–Kier alpha value is -3.06. The van der Waals surface area contributed by atoms with Crippen LogP contribution in [0.2, 0.25) is 0 Å². The first-order chi connectivity index (χ1) is 12.6. The third kappa shape index (κ3) is 2.66. The highest BCUT2D eigenvalue weighted by Crippen LogP contribution is 2.39. The fourth-order valence-electron chi connectivity index (χ4n) is 3.98. The van der Waals surface area contributed by atoms with Crippen LogP contribution in [-0.2, 0) is 4.79 Å². The number of nitrogens with two attached hydrogens (primary N) is 1. The highest BCUT2D eigenvalue weighted by molar-refractivity contribution is 5.99. The van der Waals surface area contributed by atoms with Crippen LogP contribution in [0.5, 0.6) is 0 Å². The second kappa shape index (κ2) is 6.34. The van der Waals surface area contributed by atoms with Crippen molar-refractivity contribution in [2.75, 3.05) is 5.73 Å². The minimum Gasteiger partial charge on any atom is -0.398 e. The van der Waals surface area contributed by atoms with Crippen molar-refractivity contribution in [3.8, 4) is 11.1 Å². The van der Waals surface area contributed by atoms with Crippen molar-refractivity contribution in [3.63, 3.8) is 0 Å². The van der Waals surface area contributed by atoms with Crippen LogP contribution < -0.4 is 5.73 Å². The average molecular weight is 343 g/mol. The molecule has 1 heterocycles. The molecule has 0 atom stereocenters. The first-order valence-electron chi connectivity index (χ1n) is 8.97. The minimum absolute atomic E-state index is 0.323. The van der Waals surface area contributed by atoms with Gasteiger partial charge in [-0.05, 0) is 54.5 Å². The average Bonchev–Trinajstić information content (AvgIpc) is 3.03. The number of rotatable bonds is 2. The Morgan fingerprint density at radius 1 is 1.15 bits per heavy atom. The fourth-order valence-corrected chi connectivity index (χ4v) is 3.98. The van der Waals surface area contributed by atoms with Gasteiger partial charge in [-0.3, -0.25) is 4.79 Å². The Kier molecular flexibility index (Phi) is 4.00. The quantitative estimate of drug-likeness (QED) is 0.498. The van der Waals surface area contributed by atoms with Gasteiger partial charge in [-0.25, -0.2) is 4.85 Å². The molecule has 4 nitrogen and oxygen atoms in total. The van der Waals surface area contributed by atoms with E-state index < -0.39 is 0 Å². The first kappa shape index (κ1) is 16.4. The van der Waals surface area contributed by atoms with E-state index in [0.717, 1.165) is 46.1 Å². The second-order valence-corrected chi connectivity index (χ2v) is 7.05. The summed E-state index contributed by atoms with van der Waals surface area (Å²) in [5.41, 5.74) is 11.9. The molecule has 1 aromatic heterocycles. The molecule has 1 saturated carbocycles. The van der Waals surface area contributed by atoms with Crippen molar-refractivity contribution in [1.82, 2.24) is 4.57 Å². The van der Waals surface area contributed by atoms with Crippen LogP contribution in [0.1, 0.15) is 37.3 Å². The molecule has 1 fully saturated rings. The number of benzene rings is 2. The van der Waals surface area contributed by atoms with Crippen LogP contribution in [0.25, 0.3) is 26.9 Å². The van der Waals surface area contributed by atoms with Gasteiger partial charge in [0.25, 0.3) is 0 Å². The van der Waals surface area contributed by atoms with E-state index in [9.17, 15) is 4.79 Å². The number of nitrogens with zero attached hydrogens (tertiary/aromatic N) is 2. The summed E-state index contributed by atoms with van der Waals surface area (Å²) in [6.07, 6.45) is 5.24. The van der Waals surface area contributed by atoms with Crippen molar-refractivity contribution in [1.29, 1.82) is 0 Å². The lowest BCUT2D eigenvalue weighted by Crippen LogP contribution is -2.17. The van der Waals surface area contributed by atoms with E-state index in [1.165, 1.54) is 0 Å². The molecule has 4 rings (SSSR count). The highest BCUT2D eigenvalue weighted by atomic mass is 16.1. The standard InChI is InChI=1S/C22H21N3O/c1-14-18(4-3-5-21(14)23)20-13-25(16-7-9-17(26)10-8-16)22-11-6-15(24-2)12-19(20)22/h3-6,11-13,16H,7-10,23H2,1H3. The van der Waals surface area contributed by atoms with Crippen LogP contribution in [0.15, 0.2) is 42.6 Å². The molecule has 0 amide bonds. The summed E-state index contributed by atoms with van der Waals surface area (Å²) in [4.78, 5) is 15.2. The topological polar surface area (TPSA) is 52.4 Å². The number of carbonyl (C=O) groups is 1. The van der Waals surface area contributed by atoms with Gasteiger partial charge in [-0.1, -0.05) is 18.2 Å². The maximum Gasteiger partial charge on any atom is 0.188 e. The van der Waals surface area contributed by atoms with E-state index in [4.69, 9.17) is 12.3 Å². The van der Waals surface area contributed by atoms with E-state index in [0.29, 0.717) is 30.4 Å². The molecule has 0 saturated heterocycles. The van der Waals surface area contributed by atoms with Gasteiger partial charge in [0, 0.05) is 41.8 Å². The number of nitrogen functional groups attached to an aromatic ring is 1. The Balaban J connectivity index is 1.93. The number of carbonyl (C=O) groups excluding carboxylic acids is 1. The smallest absolute Gasteiger partial charge is 0.188 e. The van der Waals surface area contributed by atoms with E-state index in [1.807, 2.05) is 37.3 Å². The van der Waals surface area contributed by atoms with Gasteiger partial charge >= 0.3 is 0 Å². The summed E-state index contributed by atoms with van der Waals surface area (Å²) in [5, 5.41) is 1.07. The predicted molar refractivity (Wildman–Crippen MR) is 105 cm³/mol. The van der Waals surface area contributed by atoms with Gasteiger partial charge in [0.15, 0.2) is 5.69 Å². The number of hydrogen-bond donors (Lipinski definition) is 1. The number of hydrogen-bond acceptors (Lipinski definition) is 2. The lowest BCUT2D eigenvalue weighted by molar-refractivity contribution is -0.120. The molecular weight excluding hydrogens is 322 g/mol. The third-order valence-corrected chi connectivity index (χ3v) is 5.52. The van der Waals surface area contributed by atoms with E-state index in [1.54, 1.807) is 0 Å². The molecule has 0 spiro atoms. The first-order valence-corrected chi connectivity index (χ1v) is 8.97. The zero-order valence-electron chi connectivity index (χ0n) is 14.8.